The lowest BCUT2D eigenvalue weighted by molar-refractivity contribution is -0.137. The van der Waals surface area contributed by atoms with E-state index in [0.717, 1.165) is 41.1 Å². The molecule has 162 valence electrons. The number of nitrogens with zero attached hydrogens (tertiary/aromatic N) is 2. The highest BCUT2D eigenvalue weighted by molar-refractivity contribution is 6.01. The number of carbonyl (C=O) groups excluding carboxylic acids is 1. The quantitative estimate of drug-likeness (QED) is 0.287. The number of H-pyrrole nitrogens is 1. The smallest absolute Gasteiger partial charge is 0.416 e. The van der Waals surface area contributed by atoms with Gasteiger partial charge in [0.1, 0.15) is 0 Å². The number of aromatic hydroxyl groups is 2. The Bertz CT molecular complexity index is 1220. The van der Waals surface area contributed by atoms with E-state index < -0.39 is 29.0 Å². The molecule has 0 spiro atoms. The molecular formula is C20H17F3N4O4. The molecule has 0 atom stereocenters. The first-order valence-electron chi connectivity index (χ1n) is 8.85. The number of rotatable bonds is 4. The second kappa shape index (κ2) is 8.01. The summed E-state index contributed by atoms with van der Waals surface area (Å²) in [6.07, 6.45) is -4.49. The standard InChI is InChI=1S/C20H17F3N4O4/c1-10(24-25-18(30)12-3-8-15(28)16(29)9-12)17-11(2)26-27(19(17)31)14-6-4-13(5-7-14)20(21,22)23/h3-9,26,28-29H,1-2H3,(H,25,30)/b24-10-. The van der Waals surface area contributed by atoms with Crippen molar-refractivity contribution in [2.45, 2.75) is 20.0 Å². The molecule has 0 saturated heterocycles. The second-order valence-corrected chi connectivity index (χ2v) is 6.64. The van der Waals surface area contributed by atoms with E-state index in [0.29, 0.717) is 5.69 Å². The molecule has 0 aliphatic carbocycles. The monoisotopic (exact) mass is 434 g/mol. The van der Waals surface area contributed by atoms with Gasteiger partial charge < -0.3 is 10.2 Å². The normalized spacial score (nSPS) is 12.1. The minimum atomic E-state index is -4.49. The van der Waals surface area contributed by atoms with Crippen LogP contribution in [0.15, 0.2) is 52.4 Å². The van der Waals surface area contributed by atoms with Crippen molar-refractivity contribution in [2.24, 2.45) is 5.10 Å². The minimum absolute atomic E-state index is 0.0276. The van der Waals surface area contributed by atoms with Gasteiger partial charge in [-0.15, -0.1) is 0 Å². The van der Waals surface area contributed by atoms with Crippen molar-refractivity contribution >= 4 is 11.6 Å². The number of phenolic OH excluding ortho intramolecular Hbond substituents is 2. The first-order chi connectivity index (χ1) is 14.5. The van der Waals surface area contributed by atoms with Crippen molar-refractivity contribution in [2.75, 3.05) is 0 Å². The number of phenols is 2. The molecule has 0 aliphatic rings. The zero-order chi connectivity index (χ0) is 22.9. The zero-order valence-corrected chi connectivity index (χ0v) is 16.3. The number of alkyl halides is 3. The number of hydrogen-bond acceptors (Lipinski definition) is 5. The Morgan fingerprint density at radius 2 is 1.74 bits per heavy atom. The fraction of sp³-hybridized carbons (Fsp3) is 0.150. The molecule has 1 aromatic heterocycles. The van der Waals surface area contributed by atoms with Gasteiger partial charge in [0.05, 0.1) is 22.5 Å². The molecule has 3 aromatic rings. The van der Waals surface area contributed by atoms with Gasteiger partial charge in [0, 0.05) is 11.3 Å². The number of nitrogens with one attached hydrogen (secondary N) is 2. The van der Waals surface area contributed by atoms with Crippen molar-refractivity contribution < 1.29 is 28.2 Å². The maximum absolute atomic E-state index is 12.8. The van der Waals surface area contributed by atoms with Crippen LogP contribution in [-0.2, 0) is 6.18 Å². The van der Waals surface area contributed by atoms with Gasteiger partial charge in [0.2, 0.25) is 0 Å². The highest BCUT2D eigenvalue weighted by Gasteiger charge is 2.30. The van der Waals surface area contributed by atoms with Gasteiger partial charge in [-0.3, -0.25) is 14.7 Å². The lowest BCUT2D eigenvalue weighted by Crippen LogP contribution is -2.23. The van der Waals surface area contributed by atoms with Crippen molar-refractivity contribution in [1.82, 2.24) is 15.2 Å². The molecule has 0 bridgehead atoms. The largest absolute Gasteiger partial charge is 0.504 e. The molecule has 2 aromatic carbocycles. The molecule has 0 aliphatic heterocycles. The molecule has 1 heterocycles. The average molecular weight is 434 g/mol. The summed E-state index contributed by atoms with van der Waals surface area (Å²) in [5.41, 5.74) is 1.74. The molecule has 11 heteroatoms. The molecular weight excluding hydrogens is 417 g/mol. The van der Waals surface area contributed by atoms with Gasteiger partial charge in [-0.05, 0) is 56.3 Å². The number of aromatic amines is 1. The maximum Gasteiger partial charge on any atom is 0.416 e. The van der Waals surface area contributed by atoms with Gasteiger partial charge >= 0.3 is 6.18 Å². The molecule has 0 radical (unpaired) electrons. The highest BCUT2D eigenvalue weighted by Crippen LogP contribution is 2.29. The molecule has 0 fully saturated rings. The number of aromatic nitrogens is 2. The van der Waals surface area contributed by atoms with Crippen molar-refractivity contribution in [1.29, 1.82) is 0 Å². The van der Waals surface area contributed by atoms with Crippen LogP contribution in [0.2, 0.25) is 0 Å². The summed E-state index contributed by atoms with van der Waals surface area (Å²) in [7, 11) is 0. The third-order valence-corrected chi connectivity index (χ3v) is 4.45. The van der Waals surface area contributed by atoms with E-state index in [4.69, 9.17) is 0 Å². The topological polar surface area (TPSA) is 120 Å². The van der Waals surface area contributed by atoms with Crippen LogP contribution in [0.3, 0.4) is 0 Å². The lowest BCUT2D eigenvalue weighted by atomic mass is 10.2. The van der Waals surface area contributed by atoms with Gasteiger partial charge in [-0.1, -0.05) is 0 Å². The molecule has 4 N–H and O–H groups in total. The Labute approximate surface area is 173 Å². The van der Waals surface area contributed by atoms with E-state index in [1.54, 1.807) is 6.92 Å². The van der Waals surface area contributed by atoms with E-state index >= 15 is 0 Å². The minimum Gasteiger partial charge on any atom is -0.504 e. The van der Waals surface area contributed by atoms with Crippen LogP contribution in [0.4, 0.5) is 13.2 Å². The number of aryl methyl sites for hydroxylation is 1. The molecule has 31 heavy (non-hydrogen) atoms. The third kappa shape index (κ3) is 4.44. The predicted molar refractivity (Wildman–Crippen MR) is 106 cm³/mol. The number of hydrogen-bond donors (Lipinski definition) is 4. The second-order valence-electron chi connectivity index (χ2n) is 6.64. The van der Waals surface area contributed by atoms with Crippen molar-refractivity contribution in [3.8, 4) is 17.2 Å². The lowest BCUT2D eigenvalue weighted by Gasteiger charge is -2.07. The van der Waals surface area contributed by atoms with Crippen molar-refractivity contribution in [3.05, 3.63) is 75.2 Å². The van der Waals surface area contributed by atoms with Crippen LogP contribution in [0.5, 0.6) is 11.5 Å². The van der Waals surface area contributed by atoms with Crippen LogP contribution >= 0.6 is 0 Å². The maximum atomic E-state index is 12.8. The predicted octanol–water partition coefficient (Wildman–Crippen LogP) is 3.06. The van der Waals surface area contributed by atoms with E-state index in [1.165, 1.54) is 13.0 Å². The first kappa shape index (κ1) is 21.7. The van der Waals surface area contributed by atoms with Gasteiger partial charge in [-0.2, -0.15) is 18.3 Å². The fourth-order valence-electron chi connectivity index (χ4n) is 2.87. The van der Waals surface area contributed by atoms with Crippen LogP contribution in [0.25, 0.3) is 5.69 Å². The van der Waals surface area contributed by atoms with Crippen LogP contribution in [0, 0.1) is 6.92 Å². The molecule has 0 unspecified atom stereocenters. The summed E-state index contributed by atoms with van der Waals surface area (Å²) >= 11 is 0. The van der Waals surface area contributed by atoms with Crippen LogP contribution < -0.4 is 11.0 Å². The average Bonchev–Trinajstić information content (AvgIpc) is 3.01. The molecule has 0 saturated carbocycles. The number of benzene rings is 2. The summed E-state index contributed by atoms with van der Waals surface area (Å²) in [6, 6.07) is 7.52. The number of hydrazone groups is 1. The first-order valence-corrected chi connectivity index (χ1v) is 8.85. The van der Waals surface area contributed by atoms with E-state index in [9.17, 15) is 33.0 Å². The number of halogens is 3. The fourth-order valence-corrected chi connectivity index (χ4v) is 2.87. The number of carbonyl (C=O) groups is 1. The summed E-state index contributed by atoms with van der Waals surface area (Å²) in [5.74, 6) is -1.55. The molecule has 8 nitrogen and oxygen atoms in total. The van der Waals surface area contributed by atoms with Gasteiger partial charge in [0.15, 0.2) is 11.5 Å². The summed E-state index contributed by atoms with van der Waals surface area (Å²) in [5, 5.41) is 25.4. The van der Waals surface area contributed by atoms with Crippen LogP contribution in [0.1, 0.15) is 34.1 Å². The summed E-state index contributed by atoms with van der Waals surface area (Å²) < 4.78 is 39.3. The van der Waals surface area contributed by atoms with Crippen molar-refractivity contribution in [3.63, 3.8) is 0 Å². The molecule has 1 amide bonds. The highest BCUT2D eigenvalue weighted by atomic mass is 19.4. The Morgan fingerprint density at radius 1 is 1.10 bits per heavy atom. The SMILES string of the molecule is C/C(=N/NC(=O)c1ccc(O)c(O)c1)c1c(C)[nH]n(-c2ccc(C(F)(F)F)cc2)c1=O. The van der Waals surface area contributed by atoms with E-state index in [1.807, 2.05) is 0 Å². The summed E-state index contributed by atoms with van der Waals surface area (Å²) in [6.45, 7) is 3.05. The Hall–Kier alpha value is -4.02. The van der Waals surface area contributed by atoms with Gasteiger partial charge in [0.25, 0.3) is 11.5 Å². The van der Waals surface area contributed by atoms with Gasteiger partial charge in [-0.25, -0.2) is 10.1 Å². The summed E-state index contributed by atoms with van der Waals surface area (Å²) in [4.78, 5) is 24.9. The molecule has 3 rings (SSSR count). The Kier molecular flexibility index (Phi) is 5.60. The third-order valence-electron chi connectivity index (χ3n) is 4.45. The number of amides is 1. The van der Waals surface area contributed by atoms with E-state index in [2.05, 4.69) is 15.6 Å². The van der Waals surface area contributed by atoms with Crippen LogP contribution in [-0.4, -0.2) is 31.6 Å². The van der Waals surface area contributed by atoms with E-state index in [-0.39, 0.29) is 28.3 Å². The Balaban J connectivity index is 1.86. The zero-order valence-electron chi connectivity index (χ0n) is 16.3. The Morgan fingerprint density at radius 3 is 2.32 bits per heavy atom.